The Bertz CT molecular complexity index is 823. The van der Waals surface area contributed by atoms with E-state index in [4.69, 9.17) is 5.73 Å². The van der Waals surface area contributed by atoms with Gasteiger partial charge in [-0.3, -0.25) is 4.79 Å². The number of amides is 1. The molecule has 0 radical (unpaired) electrons. The van der Waals surface area contributed by atoms with Gasteiger partial charge >= 0.3 is 6.36 Å². The van der Waals surface area contributed by atoms with Crippen LogP contribution in [-0.2, 0) is 0 Å². The van der Waals surface area contributed by atoms with Crippen LogP contribution in [0.2, 0.25) is 0 Å². The van der Waals surface area contributed by atoms with Gasteiger partial charge in [0, 0.05) is 36.1 Å². The predicted octanol–water partition coefficient (Wildman–Crippen LogP) is 3.30. The summed E-state index contributed by atoms with van der Waals surface area (Å²) >= 11 is 0. The Morgan fingerprint density at radius 2 is 2.00 bits per heavy atom. The minimum absolute atomic E-state index is 0. The number of likely N-dealkylation sites (tertiary alicyclic amines) is 1. The Kier molecular flexibility index (Phi) is 4.83. The quantitative estimate of drug-likeness (QED) is 0.827. The molecule has 1 saturated heterocycles. The lowest BCUT2D eigenvalue weighted by Gasteiger charge is -2.17. The molecule has 0 spiro atoms. The highest BCUT2D eigenvalue weighted by Crippen LogP contribution is 2.37. The molecule has 3 atom stereocenters. The van der Waals surface area contributed by atoms with Crippen LogP contribution in [0.5, 0.6) is 5.75 Å². The standard InChI is InChI=1S/C17H18F3N3O2.ClH/c18-17(19,20)25-11-3-1-9-5-15(22-14(9)6-11)16(24)23-7-10-2-4-13(21)12(10)8-23;/h1,3,5-6,10,12-13,22H,2,4,7-8,21H2;1H. The summed E-state index contributed by atoms with van der Waals surface area (Å²) in [6.07, 6.45) is -2.70. The van der Waals surface area contributed by atoms with E-state index in [1.807, 2.05) is 0 Å². The zero-order valence-corrected chi connectivity index (χ0v) is 14.6. The van der Waals surface area contributed by atoms with Gasteiger partial charge in [0.2, 0.25) is 0 Å². The summed E-state index contributed by atoms with van der Waals surface area (Å²) in [6, 6.07) is 5.78. The van der Waals surface area contributed by atoms with Gasteiger partial charge in [-0.2, -0.15) is 0 Å². The number of aromatic amines is 1. The molecule has 3 N–H and O–H groups in total. The maximum atomic E-state index is 12.7. The van der Waals surface area contributed by atoms with E-state index in [9.17, 15) is 18.0 Å². The molecule has 1 amide bonds. The Morgan fingerprint density at radius 3 is 2.69 bits per heavy atom. The van der Waals surface area contributed by atoms with Gasteiger partial charge in [0.05, 0.1) is 0 Å². The largest absolute Gasteiger partial charge is 0.573 e. The van der Waals surface area contributed by atoms with E-state index < -0.39 is 6.36 Å². The molecule has 3 unspecified atom stereocenters. The maximum Gasteiger partial charge on any atom is 0.573 e. The first-order valence-electron chi connectivity index (χ1n) is 8.23. The number of hydrogen-bond donors (Lipinski definition) is 2. The van der Waals surface area contributed by atoms with Gasteiger partial charge in [-0.05, 0) is 42.9 Å². The highest BCUT2D eigenvalue weighted by molar-refractivity contribution is 5.98. The zero-order chi connectivity index (χ0) is 17.8. The van der Waals surface area contributed by atoms with E-state index in [0.717, 1.165) is 12.8 Å². The zero-order valence-electron chi connectivity index (χ0n) is 13.8. The Hall–Kier alpha value is -1.93. The minimum Gasteiger partial charge on any atom is -0.406 e. The molecule has 1 aliphatic heterocycles. The van der Waals surface area contributed by atoms with E-state index in [-0.39, 0.29) is 30.1 Å². The van der Waals surface area contributed by atoms with Crippen LogP contribution >= 0.6 is 12.4 Å². The van der Waals surface area contributed by atoms with E-state index >= 15 is 0 Å². The second-order valence-electron chi connectivity index (χ2n) is 6.86. The van der Waals surface area contributed by atoms with Crippen LogP contribution in [0.25, 0.3) is 10.9 Å². The molecule has 9 heteroatoms. The van der Waals surface area contributed by atoms with Crippen LogP contribution in [-0.4, -0.2) is 41.3 Å². The van der Waals surface area contributed by atoms with Crippen molar-refractivity contribution in [2.75, 3.05) is 13.1 Å². The first-order valence-corrected chi connectivity index (χ1v) is 8.23. The van der Waals surface area contributed by atoms with Gasteiger partial charge in [-0.25, -0.2) is 0 Å². The fraction of sp³-hybridized carbons (Fsp3) is 0.471. The number of carbonyl (C=O) groups excluding carboxylic acids is 1. The molecule has 1 aliphatic carbocycles. The van der Waals surface area contributed by atoms with Gasteiger partial charge in [0.1, 0.15) is 11.4 Å². The summed E-state index contributed by atoms with van der Waals surface area (Å²) in [4.78, 5) is 17.4. The topological polar surface area (TPSA) is 71.3 Å². The molecule has 1 aromatic carbocycles. The second-order valence-corrected chi connectivity index (χ2v) is 6.86. The van der Waals surface area contributed by atoms with Crippen molar-refractivity contribution >= 4 is 29.2 Å². The number of halogens is 4. The van der Waals surface area contributed by atoms with Crippen molar-refractivity contribution in [2.45, 2.75) is 25.2 Å². The van der Waals surface area contributed by atoms with Crippen molar-refractivity contribution in [1.82, 2.24) is 9.88 Å². The Labute approximate surface area is 154 Å². The lowest BCUT2D eigenvalue weighted by atomic mass is 9.98. The fourth-order valence-electron chi connectivity index (χ4n) is 4.06. The van der Waals surface area contributed by atoms with Crippen LogP contribution in [0.4, 0.5) is 13.2 Å². The molecule has 26 heavy (non-hydrogen) atoms. The minimum atomic E-state index is -4.75. The SMILES string of the molecule is Cl.NC1CCC2CN(C(=O)c3cc4ccc(OC(F)(F)F)cc4[nH]3)CC12. The molecule has 2 aromatic rings. The van der Waals surface area contributed by atoms with Crippen molar-refractivity contribution in [3.8, 4) is 5.75 Å². The van der Waals surface area contributed by atoms with Gasteiger partial charge in [0.15, 0.2) is 0 Å². The lowest BCUT2D eigenvalue weighted by molar-refractivity contribution is -0.274. The Balaban J connectivity index is 0.00000196. The summed E-state index contributed by atoms with van der Waals surface area (Å²) in [7, 11) is 0. The van der Waals surface area contributed by atoms with Crippen LogP contribution < -0.4 is 10.5 Å². The molecule has 2 fully saturated rings. The number of alkyl halides is 3. The molecule has 1 aromatic heterocycles. The summed E-state index contributed by atoms with van der Waals surface area (Å²) < 4.78 is 40.9. The Morgan fingerprint density at radius 1 is 1.23 bits per heavy atom. The first kappa shape index (κ1) is 18.8. The molecule has 2 heterocycles. The highest BCUT2D eigenvalue weighted by atomic mass is 35.5. The predicted molar refractivity (Wildman–Crippen MR) is 92.3 cm³/mol. The summed E-state index contributed by atoms with van der Waals surface area (Å²) in [5.74, 6) is 0.342. The van der Waals surface area contributed by atoms with E-state index in [1.165, 1.54) is 18.2 Å². The van der Waals surface area contributed by atoms with Gasteiger partial charge in [-0.15, -0.1) is 25.6 Å². The maximum absolute atomic E-state index is 12.7. The smallest absolute Gasteiger partial charge is 0.406 e. The van der Waals surface area contributed by atoms with Crippen LogP contribution in [0.15, 0.2) is 24.3 Å². The van der Waals surface area contributed by atoms with Gasteiger partial charge in [-0.1, -0.05) is 0 Å². The average molecular weight is 390 g/mol. The number of nitrogens with one attached hydrogen (secondary N) is 1. The second kappa shape index (κ2) is 6.66. The van der Waals surface area contributed by atoms with E-state index in [0.29, 0.717) is 41.5 Å². The number of benzene rings is 1. The third kappa shape index (κ3) is 3.48. The average Bonchev–Trinajstić information content (AvgIpc) is 3.20. The molecular weight excluding hydrogens is 371 g/mol. The van der Waals surface area contributed by atoms with E-state index in [1.54, 1.807) is 11.0 Å². The van der Waals surface area contributed by atoms with Crippen molar-refractivity contribution in [1.29, 1.82) is 0 Å². The molecular formula is C17H19ClF3N3O2. The highest BCUT2D eigenvalue weighted by Gasteiger charge is 2.42. The number of nitrogens with two attached hydrogens (primary N) is 1. The van der Waals surface area contributed by atoms with Gasteiger partial charge < -0.3 is 20.4 Å². The number of H-pyrrole nitrogens is 1. The molecule has 5 nitrogen and oxygen atoms in total. The summed E-state index contributed by atoms with van der Waals surface area (Å²) in [5.41, 5.74) is 6.90. The van der Waals surface area contributed by atoms with Crippen LogP contribution in [0.3, 0.4) is 0 Å². The van der Waals surface area contributed by atoms with Gasteiger partial charge in [0.25, 0.3) is 5.91 Å². The van der Waals surface area contributed by atoms with E-state index in [2.05, 4.69) is 9.72 Å². The number of carbonyl (C=O) groups is 1. The third-order valence-corrected chi connectivity index (χ3v) is 5.26. The summed E-state index contributed by atoms with van der Waals surface area (Å²) in [6.45, 7) is 1.33. The molecule has 142 valence electrons. The van der Waals surface area contributed by atoms with Crippen molar-refractivity contribution in [3.05, 3.63) is 30.0 Å². The molecule has 1 saturated carbocycles. The number of nitrogens with zero attached hydrogens (tertiary/aromatic N) is 1. The molecule has 0 bridgehead atoms. The molecule has 4 rings (SSSR count). The van der Waals surface area contributed by atoms with Crippen molar-refractivity contribution in [3.63, 3.8) is 0 Å². The first-order chi connectivity index (χ1) is 11.8. The number of rotatable bonds is 2. The van der Waals surface area contributed by atoms with Crippen LogP contribution in [0, 0.1) is 11.8 Å². The number of aromatic nitrogens is 1. The lowest BCUT2D eigenvalue weighted by Crippen LogP contribution is -2.33. The fourth-order valence-corrected chi connectivity index (χ4v) is 4.06. The monoisotopic (exact) mass is 389 g/mol. The van der Waals surface area contributed by atoms with Crippen molar-refractivity contribution in [2.24, 2.45) is 17.6 Å². The summed E-state index contributed by atoms with van der Waals surface area (Å²) in [5, 5.41) is 0.661. The third-order valence-electron chi connectivity index (χ3n) is 5.26. The van der Waals surface area contributed by atoms with Crippen LogP contribution in [0.1, 0.15) is 23.3 Å². The normalized spacial score (nSPS) is 25.2. The number of ether oxygens (including phenoxy) is 1. The molecule has 2 aliphatic rings. The number of hydrogen-bond acceptors (Lipinski definition) is 3. The van der Waals surface area contributed by atoms with Crippen molar-refractivity contribution < 1.29 is 22.7 Å². The number of fused-ring (bicyclic) bond motifs is 2.